The van der Waals surface area contributed by atoms with Crippen molar-refractivity contribution in [3.05, 3.63) is 35.9 Å². The molecule has 1 aromatic carbocycles. The number of thiol groups is 1. The Morgan fingerprint density at radius 1 is 1.27 bits per heavy atom. The number of aryl methyl sites for hydroxylation is 1. The molecule has 0 fully saturated rings. The van der Waals surface area contributed by atoms with Gasteiger partial charge < -0.3 is 9.47 Å². The van der Waals surface area contributed by atoms with Crippen molar-refractivity contribution in [2.24, 2.45) is 0 Å². The summed E-state index contributed by atoms with van der Waals surface area (Å²) in [6, 6.07) is 5.88. The van der Waals surface area contributed by atoms with Gasteiger partial charge in [0.1, 0.15) is 6.61 Å². The molecule has 0 aliphatic rings. The van der Waals surface area contributed by atoms with Gasteiger partial charge in [-0.1, -0.05) is 18.2 Å². The molecule has 0 unspecified atom stereocenters. The molecule has 0 atom stereocenters. The summed E-state index contributed by atoms with van der Waals surface area (Å²) in [4.78, 5) is 0. The van der Waals surface area contributed by atoms with Crippen LogP contribution in [0.1, 0.15) is 5.56 Å². The maximum atomic E-state index is 5.54. The van der Waals surface area contributed by atoms with Gasteiger partial charge in [-0.25, -0.2) is 0 Å². The van der Waals surface area contributed by atoms with Gasteiger partial charge in [-0.05, 0) is 24.6 Å². The highest BCUT2D eigenvalue weighted by Gasteiger charge is 2.02. The molecule has 0 spiro atoms. The molecule has 0 saturated carbocycles. The van der Waals surface area contributed by atoms with Gasteiger partial charge in [-0.3, -0.25) is 0 Å². The Labute approximate surface area is 96.3 Å². The molecular formula is C12H16O2S. The van der Waals surface area contributed by atoms with Crippen molar-refractivity contribution >= 4 is 12.6 Å². The minimum atomic E-state index is 0.542. The van der Waals surface area contributed by atoms with Crippen LogP contribution in [0, 0.1) is 6.92 Å². The zero-order valence-corrected chi connectivity index (χ0v) is 9.96. The molecule has 0 heterocycles. The van der Waals surface area contributed by atoms with Crippen LogP contribution in [0.3, 0.4) is 0 Å². The molecule has 15 heavy (non-hydrogen) atoms. The molecule has 0 aliphatic carbocycles. The summed E-state index contributed by atoms with van der Waals surface area (Å²) in [5.41, 5.74) is 1.16. The van der Waals surface area contributed by atoms with E-state index in [4.69, 9.17) is 9.47 Å². The summed E-state index contributed by atoms with van der Waals surface area (Å²) in [6.45, 7) is 2.56. The van der Waals surface area contributed by atoms with Crippen molar-refractivity contribution in [1.82, 2.24) is 0 Å². The molecule has 3 heteroatoms. The number of ether oxygens (including phenoxy) is 2. The van der Waals surface area contributed by atoms with E-state index in [9.17, 15) is 0 Å². The SMILES string of the molecule is COc1cc(C)ccc1OCC=CCS. The number of benzene rings is 1. The van der Waals surface area contributed by atoms with E-state index in [0.29, 0.717) is 6.61 Å². The monoisotopic (exact) mass is 224 g/mol. The molecule has 0 N–H and O–H groups in total. The average Bonchev–Trinajstić information content (AvgIpc) is 2.26. The number of methoxy groups -OCH3 is 1. The normalized spacial score (nSPS) is 10.6. The van der Waals surface area contributed by atoms with Crippen molar-refractivity contribution in [3.8, 4) is 11.5 Å². The van der Waals surface area contributed by atoms with Gasteiger partial charge in [0.05, 0.1) is 7.11 Å². The van der Waals surface area contributed by atoms with Crippen LogP contribution in [0.15, 0.2) is 30.4 Å². The highest BCUT2D eigenvalue weighted by Crippen LogP contribution is 2.27. The molecule has 0 aliphatic heterocycles. The predicted molar refractivity (Wildman–Crippen MR) is 66.2 cm³/mol. The van der Waals surface area contributed by atoms with E-state index in [1.807, 2.05) is 37.3 Å². The first-order chi connectivity index (χ1) is 7.27. The van der Waals surface area contributed by atoms with Crippen LogP contribution < -0.4 is 9.47 Å². The molecule has 2 nitrogen and oxygen atoms in total. The molecule has 82 valence electrons. The minimum absolute atomic E-state index is 0.542. The first-order valence-corrected chi connectivity index (χ1v) is 5.44. The van der Waals surface area contributed by atoms with Gasteiger partial charge in [0, 0.05) is 5.75 Å². The van der Waals surface area contributed by atoms with E-state index in [-0.39, 0.29) is 0 Å². The quantitative estimate of drug-likeness (QED) is 0.612. The van der Waals surface area contributed by atoms with Gasteiger partial charge in [0.15, 0.2) is 11.5 Å². The summed E-state index contributed by atoms with van der Waals surface area (Å²) < 4.78 is 10.8. The number of hydrogen-bond donors (Lipinski definition) is 1. The smallest absolute Gasteiger partial charge is 0.161 e. The lowest BCUT2D eigenvalue weighted by Crippen LogP contribution is -1.96. The Bertz CT molecular complexity index is 334. The second-order valence-electron chi connectivity index (χ2n) is 3.12. The molecule has 1 aromatic rings. The lowest BCUT2D eigenvalue weighted by molar-refractivity contribution is 0.326. The van der Waals surface area contributed by atoms with Crippen LogP contribution in [-0.2, 0) is 0 Å². The molecule has 0 aromatic heterocycles. The zero-order valence-electron chi connectivity index (χ0n) is 9.06. The first kappa shape index (κ1) is 12.0. The van der Waals surface area contributed by atoms with E-state index in [1.165, 1.54) is 0 Å². The predicted octanol–water partition coefficient (Wildman–Crippen LogP) is 2.87. The molecule has 0 amide bonds. The van der Waals surface area contributed by atoms with Crippen LogP contribution >= 0.6 is 12.6 Å². The topological polar surface area (TPSA) is 18.5 Å². The Kier molecular flexibility index (Phi) is 5.12. The average molecular weight is 224 g/mol. The van der Waals surface area contributed by atoms with Gasteiger partial charge in [0.2, 0.25) is 0 Å². The molecule has 0 saturated heterocycles. The Morgan fingerprint density at radius 3 is 2.73 bits per heavy atom. The lowest BCUT2D eigenvalue weighted by atomic mass is 10.2. The van der Waals surface area contributed by atoms with Gasteiger partial charge >= 0.3 is 0 Å². The maximum Gasteiger partial charge on any atom is 0.161 e. The minimum Gasteiger partial charge on any atom is -0.493 e. The van der Waals surface area contributed by atoms with Gasteiger partial charge in [-0.15, -0.1) is 0 Å². The van der Waals surface area contributed by atoms with Crippen LogP contribution in [-0.4, -0.2) is 19.5 Å². The fraction of sp³-hybridized carbons (Fsp3) is 0.333. The van der Waals surface area contributed by atoms with Crippen molar-refractivity contribution in [2.75, 3.05) is 19.5 Å². The van der Waals surface area contributed by atoms with E-state index < -0.39 is 0 Å². The van der Waals surface area contributed by atoms with Crippen molar-refractivity contribution in [3.63, 3.8) is 0 Å². The lowest BCUT2D eigenvalue weighted by Gasteiger charge is -2.09. The third kappa shape index (κ3) is 3.88. The van der Waals surface area contributed by atoms with Crippen molar-refractivity contribution in [2.45, 2.75) is 6.92 Å². The molecule has 0 radical (unpaired) electrons. The van der Waals surface area contributed by atoms with Gasteiger partial charge in [-0.2, -0.15) is 12.6 Å². The molecule has 1 rings (SSSR count). The Balaban J connectivity index is 2.63. The third-order valence-electron chi connectivity index (χ3n) is 1.93. The van der Waals surface area contributed by atoms with Crippen LogP contribution in [0.2, 0.25) is 0 Å². The Morgan fingerprint density at radius 2 is 2.07 bits per heavy atom. The summed E-state index contributed by atoms with van der Waals surface area (Å²) in [5, 5.41) is 0. The first-order valence-electron chi connectivity index (χ1n) is 4.81. The van der Waals surface area contributed by atoms with Crippen molar-refractivity contribution in [1.29, 1.82) is 0 Å². The van der Waals surface area contributed by atoms with Crippen LogP contribution in [0.4, 0.5) is 0 Å². The Hall–Kier alpha value is -1.09. The fourth-order valence-electron chi connectivity index (χ4n) is 1.17. The van der Waals surface area contributed by atoms with Gasteiger partial charge in [0.25, 0.3) is 0 Å². The highest BCUT2D eigenvalue weighted by molar-refractivity contribution is 7.80. The van der Waals surface area contributed by atoms with Crippen LogP contribution in [0.25, 0.3) is 0 Å². The summed E-state index contributed by atoms with van der Waals surface area (Å²) in [5.74, 6) is 2.27. The molecular weight excluding hydrogens is 208 g/mol. The van der Waals surface area contributed by atoms with E-state index in [2.05, 4.69) is 12.6 Å². The number of rotatable bonds is 5. The standard InChI is InChI=1S/C12H16O2S/c1-10-5-6-11(12(9-10)13-2)14-7-3-4-8-15/h3-6,9,15H,7-8H2,1-2H3. The van der Waals surface area contributed by atoms with Crippen LogP contribution in [0.5, 0.6) is 11.5 Å². The highest BCUT2D eigenvalue weighted by atomic mass is 32.1. The second kappa shape index (κ2) is 6.40. The second-order valence-corrected chi connectivity index (χ2v) is 3.48. The number of hydrogen-bond acceptors (Lipinski definition) is 3. The fourth-order valence-corrected chi connectivity index (χ4v) is 1.32. The summed E-state index contributed by atoms with van der Waals surface area (Å²) >= 11 is 4.07. The summed E-state index contributed by atoms with van der Waals surface area (Å²) in [6.07, 6.45) is 3.88. The zero-order chi connectivity index (χ0) is 11.1. The molecule has 0 bridgehead atoms. The third-order valence-corrected chi connectivity index (χ3v) is 2.14. The van der Waals surface area contributed by atoms with E-state index in [1.54, 1.807) is 7.11 Å². The largest absolute Gasteiger partial charge is 0.493 e. The van der Waals surface area contributed by atoms with E-state index >= 15 is 0 Å². The summed E-state index contributed by atoms with van der Waals surface area (Å²) in [7, 11) is 1.64. The van der Waals surface area contributed by atoms with E-state index in [0.717, 1.165) is 22.8 Å². The maximum absolute atomic E-state index is 5.54. The van der Waals surface area contributed by atoms with Crippen molar-refractivity contribution < 1.29 is 9.47 Å².